The summed E-state index contributed by atoms with van der Waals surface area (Å²) >= 11 is 3.49. The predicted octanol–water partition coefficient (Wildman–Crippen LogP) is 2.63. The highest BCUT2D eigenvalue weighted by molar-refractivity contribution is 9.10. The quantitative estimate of drug-likeness (QED) is 0.782. The van der Waals surface area contributed by atoms with E-state index in [1.807, 2.05) is 30.3 Å². The third-order valence-electron chi connectivity index (χ3n) is 3.38. The Labute approximate surface area is 127 Å². The lowest BCUT2D eigenvalue weighted by Gasteiger charge is -2.35. The van der Waals surface area contributed by atoms with Crippen LogP contribution < -0.4 is 4.90 Å². The maximum atomic E-state index is 8.91. The lowest BCUT2D eigenvalue weighted by atomic mass is 10.1. The van der Waals surface area contributed by atoms with E-state index >= 15 is 0 Å². The van der Waals surface area contributed by atoms with E-state index in [-0.39, 0.29) is 5.57 Å². The van der Waals surface area contributed by atoms with Gasteiger partial charge in [-0.1, -0.05) is 22.0 Å². The third-order valence-corrected chi connectivity index (χ3v) is 3.87. The van der Waals surface area contributed by atoms with Gasteiger partial charge >= 0.3 is 0 Å². The zero-order valence-electron chi connectivity index (χ0n) is 11.3. The number of nitriles is 2. The van der Waals surface area contributed by atoms with Gasteiger partial charge in [0.1, 0.15) is 17.7 Å². The van der Waals surface area contributed by atoms with Crippen LogP contribution in [0.3, 0.4) is 0 Å². The van der Waals surface area contributed by atoms with Crippen LogP contribution >= 0.6 is 15.9 Å². The molecule has 1 saturated heterocycles. The normalized spacial score (nSPS) is 15.3. The van der Waals surface area contributed by atoms with Crippen LogP contribution in [0.4, 0.5) is 5.69 Å². The lowest BCUT2D eigenvalue weighted by molar-refractivity contribution is 0.313. The van der Waals surface area contributed by atoms with Gasteiger partial charge in [-0.05, 0) is 30.8 Å². The molecule has 0 atom stereocenters. The molecular weight excluding hydrogens is 316 g/mol. The first-order chi connectivity index (χ1) is 9.63. The van der Waals surface area contributed by atoms with Gasteiger partial charge in [0.2, 0.25) is 0 Å². The van der Waals surface area contributed by atoms with Crippen molar-refractivity contribution in [3.63, 3.8) is 0 Å². The van der Waals surface area contributed by atoms with Crippen molar-refractivity contribution in [3.8, 4) is 12.1 Å². The van der Waals surface area contributed by atoms with Crippen molar-refractivity contribution in [3.05, 3.63) is 33.8 Å². The number of hydrogen-bond acceptors (Lipinski definition) is 4. The average molecular weight is 331 g/mol. The Hall–Kier alpha value is -1.82. The molecule has 1 heterocycles. The van der Waals surface area contributed by atoms with Gasteiger partial charge in [0.05, 0.1) is 0 Å². The molecule has 0 spiro atoms. The highest BCUT2D eigenvalue weighted by Crippen LogP contribution is 2.28. The van der Waals surface area contributed by atoms with E-state index in [4.69, 9.17) is 10.5 Å². The lowest BCUT2D eigenvalue weighted by Crippen LogP contribution is -2.44. The maximum Gasteiger partial charge on any atom is 0.130 e. The molecule has 0 N–H and O–H groups in total. The van der Waals surface area contributed by atoms with Gasteiger partial charge in [-0.15, -0.1) is 0 Å². The van der Waals surface area contributed by atoms with E-state index in [0.717, 1.165) is 41.9 Å². The molecule has 0 radical (unpaired) electrons. The van der Waals surface area contributed by atoms with E-state index in [1.54, 1.807) is 6.08 Å². The topological polar surface area (TPSA) is 54.1 Å². The van der Waals surface area contributed by atoms with Gasteiger partial charge < -0.3 is 9.80 Å². The number of hydrogen-bond donors (Lipinski definition) is 0. The second-order valence-corrected chi connectivity index (χ2v) is 5.69. The summed E-state index contributed by atoms with van der Waals surface area (Å²) in [5.74, 6) is 0. The number of piperazine rings is 1. The van der Waals surface area contributed by atoms with Crippen molar-refractivity contribution in [1.82, 2.24) is 4.90 Å². The van der Waals surface area contributed by atoms with Gasteiger partial charge in [0.15, 0.2) is 0 Å². The number of allylic oxidation sites excluding steroid dienone is 1. The number of likely N-dealkylation sites (N-methyl/N-ethyl adjacent to an activating group) is 1. The minimum atomic E-state index is 0.127. The van der Waals surface area contributed by atoms with Crippen molar-refractivity contribution in [1.29, 1.82) is 10.5 Å². The minimum Gasteiger partial charge on any atom is -0.368 e. The molecule has 102 valence electrons. The molecule has 0 aromatic heterocycles. The molecule has 0 unspecified atom stereocenters. The summed E-state index contributed by atoms with van der Waals surface area (Å²) in [6.07, 6.45) is 1.65. The first kappa shape index (κ1) is 14.6. The van der Waals surface area contributed by atoms with Crippen molar-refractivity contribution >= 4 is 27.7 Å². The molecule has 1 fully saturated rings. The first-order valence-electron chi connectivity index (χ1n) is 6.39. The molecule has 1 aliphatic rings. The zero-order chi connectivity index (χ0) is 14.5. The van der Waals surface area contributed by atoms with E-state index in [1.165, 1.54) is 0 Å². The van der Waals surface area contributed by atoms with E-state index in [9.17, 15) is 0 Å². The second kappa shape index (κ2) is 6.56. The molecule has 4 nitrogen and oxygen atoms in total. The Bertz CT molecular complexity index is 585. The number of anilines is 1. The highest BCUT2D eigenvalue weighted by atomic mass is 79.9. The van der Waals surface area contributed by atoms with Crippen LogP contribution in [-0.4, -0.2) is 38.1 Å². The molecule has 2 rings (SSSR count). The summed E-state index contributed by atoms with van der Waals surface area (Å²) in [6, 6.07) is 9.74. The van der Waals surface area contributed by atoms with Crippen LogP contribution in [-0.2, 0) is 0 Å². The molecule has 0 aliphatic carbocycles. The summed E-state index contributed by atoms with van der Waals surface area (Å²) < 4.78 is 0.999. The number of halogens is 1. The van der Waals surface area contributed by atoms with Crippen LogP contribution in [0.5, 0.6) is 0 Å². The summed E-state index contributed by atoms with van der Waals surface area (Å²) in [5.41, 5.74) is 2.11. The fourth-order valence-corrected chi connectivity index (χ4v) is 2.55. The van der Waals surface area contributed by atoms with Crippen LogP contribution in [0.2, 0.25) is 0 Å². The predicted molar refractivity (Wildman–Crippen MR) is 83.1 cm³/mol. The fourth-order valence-electron chi connectivity index (χ4n) is 2.21. The maximum absolute atomic E-state index is 8.91. The minimum absolute atomic E-state index is 0.127. The average Bonchev–Trinajstić information content (AvgIpc) is 2.47. The summed E-state index contributed by atoms with van der Waals surface area (Å²) in [5, 5.41) is 17.8. The number of nitrogens with zero attached hydrogens (tertiary/aromatic N) is 4. The van der Waals surface area contributed by atoms with Crippen molar-refractivity contribution in [2.45, 2.75) is 0 Å². The third kappa shape index (κ3) is 3.39. The summed E-state index contributed by atoms with van der Waals surface area (Å²) in [7, 11) is 2.11. The van der Waals surface area contributed by atoms with Gasteiger partial charge in [-0.2, -0.15) is 10.5 Å². The van der Waals surface area contributed by atoms with E-state index < -0.39 is 0 Å². The van der Waals surface area contributed by atoms with E-state index in [2.05, 4.69) is 32.8 Å². The Morgan fingerprint density at radius 2 is 1.85 bits per heavy atom. The molecular formula is C15H15BrN4. The van der Waals surface area contributed by atoms with Gasteiger partial charge in [0.25, 0.3) is 0 Å². The smallest absolute Gasteiger partial charge is 0.130 e. The van der Waals surface area contributed by atoms with Crippen LogP contribution in [0.1, 0.15) is 5.56 Å². The SMILES string of the molecule is CN1CCN(c2cc(Br)ccc2C=C(C#N)C#N)CC1. The first-order valence-corrected chi connectivity index (χ1v) is 7.18. The Kier molecular flexibility index (Phi) is 4.79. The monoisotopic (exact) mass is 330 g/mol. The molecule has 1 aromatic rings. The Morgan fingerprint density at radius 3 is 2.45 bits per heavy atom. The summed E-state index contributed by atoms with van der Waals surface area (Å²) in [4.78, 5) is 4.59. The van der Waals surface area contributed by atoms with E-state index in [0.29, 0.717) is 0 Å². The van der Waals surface area contributed by atoms with Crippen molar-refractivity contribution < 1.29 is 0 Å². The van der Waals surface area contributed by atoms with Crippen LogP contribution in [0.25, 0.3) is 6.08 Å². The largest absolute Gasteiger partial charge is 0.368 e. The van der Waals surface area contributed by atoms with Crippen molar-refractivity contribution in [2.75, 3.05) is 38.1 Å². The van der Waals surface area contributed by atoms with Gasteiger partial charge in [0, 0.05) is 36.3 Å². The molecule has 1 aliphatic heterocycles. The van der Waals surface area contributed by atoms with Crippen LogP contribution in [0.15, 0.2) is 28.2 Å². The van der Waals surface area contributed by atoms with Crippen LogP contribution in [0, 0.1) is 22.7 Å². The molecule has 5 heteroatoms. The zero-order valence-corrected chi connectivity index (χ0v) is 12.9. The Morgan fingerprint density at radius 1 is 1.20 bits per heavy atom. The number of benzene rings is 1. The fraction of sp³-hybridized carbons (Fsp3) is 0.333. The molecule has 20 heavy (non-hydrogen) atoms. The Balaban J connectivity index is 2.37. The number of rotatable bonds is 2. The second-order valence-electron chi connectivity index (χ2n) is 4.78. The molecule has 0 saturated carbocycles. The van der Waals surface area contributed by atoms with Gasteiger partial charge in [-0.25, -0.2) is 0 Å². The standard InChI is InChI=1S/C15H15BrN4/c1-19-4-6-20(7-5-19)15-9-14(16)3-2-13(15)8-12(10-17)11-18/h2-3,8-9H,4-7H2,1H3. The molecule has 1 aromatic carbocycles. The van der Waals surface area contributed by atoms with Gasteiger partial charge in [-0.3, -0.25) is 0 Å². The molecule has 0 bridgehead atoms. The molecule has 0 amide bonds. The van der Waals surface area contributed by atoms with Crippen molar-refractivity contribution in [2.24, 2.45) is 0 Å². The highest BCUT2D eigenvalue weighted by Gasteiger charge is 2.17. The summed E-state index contributed by atoms with van der Waals surface area (Å²) in [6.45, 7) is 3.92.